The Kier molecular flexibility index (Phi) is 6.61. The van der Waals surface area contributed by atoms with E-state index in [-0.39, 0.29) is 18.5 Å². The van der Waals surface area contributed by atoms with E-state index in [1.165, 1.54) is 4.31 Å². The molecule has 0 aliphatic heterocycles. The van der Waals surface area contributed by atoms with Crippen molar-refractivity contribution in [1.82, 2.24) is 4.31 Å². The fraction of sp³-hybridized carbons (Fsp3) is 0.571. The Labute approximate surface area is 121 Å². The van der Waals surface area contributed by atoms with E-state index < -0.39 is 10.0 Å². The molecule has 0 atom stereocenters. The summed E-state index contributed by atoms with van der Waals surface area (Å²) in [6.45, 7) is 4.71. The third-order valence-corrected chi connectivity index (χ3v) is 4.76. The van der Waals surface area contributed by atoms with Gasteiger partial charge in [0.05, 0.1) is 18.5 Å². The van der Waals surface area contributed by atoms with Crippen LogP contribution in [0.5, 0.6) is 0 Å². The molecule has 0 aliphatic carbocycles. The number of nitrogens with zero attached hydrogens (tertiary/aromatic N) is 1. The monoisotopic (exact) mass is 300 g/mol. The Bertz CT molecular complexity index is 515. The van der Waals surface area contributed by atoms with Crippen molar-refractivity contribution in [3.63, 3.8) is 0 Å². The molecule has 1 aromatic rings. The maximum atomic E-state index is 12.1. The molecule has 6 heteroatoms. The Morgan fingerprint density at radius 1 is 1.25 bits per heavy atom. The molecule has 0 aliphatic rings. The number of hydrogen-bond donors (Lipinski definition) is 1. The highest BCUT2D eigenvalue weighted by Crippen LogP contribution is 2.13. The van der Waals surface area contributed by atoms with Crippen molar-refractivity contribution in [3.05, 3.63) is 35.4 Å². The minimum absolute atomic E-state index is 0.00747. The lowest BCUT2D eigenvalue weighted by Crippen LogP contribution is -2.31. The third kappa shape index (κ3) is 5.20. The van der Waals surface area contributed by atoms with Crippen molar-refractivity contribution < 1.29 is 13.2 Å². The molecule has 0 heterocycles. The second-order valence-corrected chi connectivity index (χ2v) is 7.16. The fourth-order valence-corrected chi connectivity index (χ4v) is 2.75. The minimum atomic E-state index is -3.31. The molecule has 0 saturated heterocycles. The van der Waals surface area contributed by atoms with Crippen LogP contribution in [0.3, 0.4) is 0 Å². The summed E-state index contributed by atoms with van der Waals surface area (Å²) in [6, 6.07) is 7.60. The molecule has 114 valence electrons. The summed E-state index contributed by atoms with van der Waals surface area (Å²) in [5.41, 5.74) is 7.56. The molecule has 2 N–H and O–H groups in total. The van der Waals surface area contributed by atoms with Gasteiger partial charge in [-0.25, -0.2) is 12.7 Å². The van der Waals surface area contributed by atoms with E-state index in [0.717, 1.165) is 11.1 Å². The number of sulfonamides is 1. The zero-order valence-electron chi connectivity index (χ0n) is 12.4. The second-order valence-electron chi connectivity index (χ2n) is 4.96. The topological polar surface area (TPSA) is 72.6 Å². The quantitative estimate of drug-likeness (QED) is 0.786. The predicted molar refractivity (Wildman–Crippen MR) is 80.7 cm³/mol. The lowest BCUT2D eigenvalue weighted by molar-refractivity contribution is 0.0907. The molecular formula is C14H24N2O3S. The second kappa shape index (κ2) is 7.73. The highest BCUT2D eigenvalue weighted by atomic mass is 32.2. The van der Waals surface area contributed by atoms with Crippen LogP contribution in [0.25, 0.3) is 0 Å². The van der Waals surface area contributed by atoms with E-state index >= 15 is 0 Å². The molecule has 0 unspecified atom stereocenters. The first kappa shape index (κ1) is 17.1. The highest BCUT2D eigenvalue weighted by Gasteiger charge is 2.19. The van der Waals surface area contributed by atoms with Crippen molar-refractivity contribution in [2.45, 2.75) is 33.0 Å². The van der Waals surface area contributed by atoms with Crippen molar-refractivity contribution in [3.8, 4) is 0 Å². The van der Waals surface area contributed by atoms with Crippen LogP contribution in [0.1, 0.15) is 25.0 Å². The van der Waals surface area contributed by atoms with Gasteiger partial charge in [-0.05, 0) is 25.0 Å². The van der Waals surface area contributed by atoms with Gasteiger partial charge in [0.2, 0.25) is 10.0 Å². The van der Waals surface area contributed by atoms with Crippen molar-refractivity contribution in [1.29, 1.82) is 0 Å². The summed E-state index contributed by atoms with van der Waals surface area (Å²) in [5.74, 6) is -0.00747. The van der Waals surface area contributed by atoms with Gasteiger partial charge in [0.15, 0.2) is 0 Å². The molecule has 1 rings (SSSR count). The molecule has 5 nitrogen and oxygen atoms in total. The fourth-order valence-electron chi connectivity index (χ4n) is 1.79. The summed E-state index contributed by atoms with van der Waals surface area (Å²) >= 11 is 0. The van der Waals surface area contributed by atoms with Gasteiger partial charge >= 0.3 is 0 Å². The molecular weight excluding hydrogens is 276 g/mol. The lowest BCUT2D eigenvalue weighted by Gasteiger charge is -2.19. The first-order valence-electron chi connectivity index (χ1n) is 6.69. The van der Waals surface area contributed by atoms with Crippen LogP contribution in [0.15, 0.2) is 24.3 Å². The van der Waals surface area contributed by atoms with E-state index in [0.29, 0.717) is 13.1 Å². The van der Waals surface area contributed by atoms with Crippen LogP contribution < -0.4 is 5.73 Å². The van der Waals surface area contributed by atoms with Gasteiger partial charge in [0.25, 0.3) is 0 Å². The average molecular weight is 300 g/mol. The van der Waals surface area contributed by atoms with Gasteiger partial charge in [-0.2, -0.15) is 0 Å². The van der Waals surface area contributed by atoms with Gasteiger partial charge in [-0.1, -0.05) is 24.3 Å². The summed E-state index contributed by atoms with van der Waals surface area (Å²) in [5, 5.41) is 0. The zero-order chi connectivity index (χ0) is 15.2. The molecule has 0 fully saturated rings. The summed E-state index contributed by atoms with van der Waals surface area (Å²) in [7, 11) is -1.73. The highest BCUT2D eigenvalue weighted by molar-refractivity contribution is 7.89. The Balaban J connectivity index is 2.67. The number of rotatable bonds is 8. The largest absolute Gasteiger partial charge is 0.378 e. The van der Waals surface area contributed by atoms with Gasteiger partial charge < -0.3 is 10.5 Å². The Morgan fingerprint density at radius 2 is 1.85 bits per heavy atom. The zero-order valence-corrected chi connectivity index (χ0v) is 13.2. The van der Waals surface area contributed by atoms with Gasteiger partial charge in [-0.3, -0.25) is 0 Å². The van der Waals surface area contributed by atoms with Crippen molar-refractivity contribution in [2.24, 2.45) is 5.73 Å². The van der Waals surface area contributed by atoms with Gasteiger partial charge in [0.1, 0.15) is 0 Å². The van der Waals surface area contributed by atoms with E-state index in [1.807, 2.05) is 38.1 Å². The SMILES string of the molecule is CC(C)OCCS(=O)(=O)N(C)Cc1ccccc1CN. The minimum Gasteiger partial charge on any atom is -0.378 e. The van der Waals surface area contributed by atoms with Crippen LogP contribution in [0, 0.1) is 0 Å². The molecule has 20 heavy (non-hydrogen) atoms. The number of benzene rings is 1. The van der Waals surface area contributed by atoms with Crippen LogP contribution in [0.4, 0.5) is 0 Å². The average Bonchev–Trinajstić information content (AvgIpc) is 2.38. The number of ether oxygens (including phenoxy) is 1. The van der Waals surface area contributed by atoms with Crippen LogP contribution in [-0.2, 0) is 27.8 Å². The maximum Gasteiger partial charge on any atom is 0.216 e. The van der Waals surface area contributed by atoms with E-state index in [4.69, 9.17) is 10.5 Å². The van der Waals surface area contributed by atoms with Crippen LogP contribution in [-0.4, -0.2) is 38.2 Å². The first-order chi connectivity index (χ1) is 9.36. The van der Waals surface area contributed by atoms with Crippen LogP contribution in [0.2, 0.25) is 0 Å². The van der Waals surface area contributed by atoms with E-state index in [2.05, 4.69) is 0 Å². The molecule has 0 radical (unpaired) electrons. The van der Waals surface area contributed by atoms with E-state index in [1.54, 1.807) is 7.05 Å². The van der Waals surface area contributed by atoms with Crippen molar-refractivity contribution >= 4 is 10.0 Å². The molecule has 0 spiro atoms. The van der Waals surface area contributed by atoms with Crippen LogP contribution >= 0.6 is 0 Å². The predicted octanol–water partition coefficient (Wildman–Crippen LogP) is 1.33. The maximum absolute atomic E-state index is 12.1. The van der Waals surface area contributed by atoms with Gasteiger partial charge in [-0.15, -0.1) is 0 Å². The summed E-state index contributed by atoms with van der Waals surface area (Å²) in [6.07, 6.45) is 0.0356. The standard InChI is InChI=1S/C14H24N2O3S/c1-12(2)19-8-9-20(17,18)16(3)11-14-7-5-4-6-13(14)10-15/h4-7,12H,8-11,15H2,1-3H3. The van der Waals surface area contributed by atoms with Gasteiger partial charge in [0, 0.05) is 20.1 Å². The normalized spacial score (nSPS) is 12.3. The Hall–Kier alpha value is -0.950. The Morgan fingerprint density at radius 3 is 2.40 bits per heavy atom. The lowest BCUT2D eigenvalue weighted by atomic mass is 10.1. The molecule has 0 aromatic heterocycles. The van der Waals surface area contributed by atoms with E-state index in [9.17, 15) is 8.42 Å². The summed E-state index contributed by atoms with van der Waals surface area (Å²) < 4.78 is 30.9. The third-order valence-electron chi connectivity index (χ3n) is 3.00. The molecule has 0 amide bonds. The first-order valence-corrected chi connectivity index (χ1v) is 8.30. The molecule has 0 bridgehead atoms. The molecule has 0 saturated carbocycles. The number of nitrogens with two attached hydrogens (primary N) is 1. The summed E-state index contributed by atoms with van der Waals surface area (Å²) in [4.78, 5) is 0. The van der Waals surface area contributed by atoms with Crippen molar-refractivity contribution in [2.75, 3.05) is 19.4 Å². The molecule has 1 aromatic carbocycles. The number of hydrogen-bond acceptors (Lipinski definition) is 4. The smallest absolute Gasteiger partial charge is 0.216 e.